The number of fused-ring (bicyclic) bond motifs is 1. The average molecular weight is 1840 g/mol. The molecule has 16 atom stereocenters. The fourth-order valence-corrected chi connectivity index (χ4v) is 15.2. The summed E-state index contributed by atoms with van der Waals surface area (Å²) in [5, 5.41) is 68.8. The Hall–Kier alpha value is -9.80. The molecule has 0 bridgehead atoms. The number of aliphatic hydroxyl groups is 1. The van der Waals surface area contributed by atoms with E-state index in [-0.39, 0.29) is 101 Å². The van der Waals surface area contributed by atoms with Gasteiger partial charge in [0, 0.05) is 19.4 Å². The molecule has 1 saturated heterocycles. The van der Waals surface area contributed by atoms with Crippen LogP contribution in [-0.2, 0) is 88.0 Å². The minimum atomic E-state index is -1.84. The van der Waals surface area contributed by atoms with E-state index in [1.54, 1.807) is 62.4 Å². The molecule has 3 rings (SSSR count). The fourth-order valence-electron chi connectivity index (χ4n) is 15.2. The molecule has 1 fully saturated rings. The summed E-state index contributed by atoms with van der Waals surface area (Å²) in [4.78, 5) is 234. The highest BCUT2D eigenvalue weighted by Gasteiger charge is 2.44. The summed E-state index contributed by atoms with van der Waals surface area (Å²) in [5.74, 6) is -14.7. The molecule has 0 aromatic heterocycles. The van der Waals surface area contributed by atoms with E-state index in [1.165, 1.54) is 49.9 Å². The minimum absolute atomic E-state index is 0.0174. The number of phenolic OH excluding ortho intramolecular Hbond substituents is 1. The summed E-state index contributed by atoms with van der Waals surface area (Å²) in [5.41, 5.74) is 18.3. The molecule has 130 heavy (non-hydrogen) atoms. The third-order valence-electron chi connectivity index (χ3n) is 23.1. The highest BCUT2D eigenvalue weighted by Crippen LogP contribution is 2.25. The van der Waals surface area contributed by atoms with Crippen LogP contribution in [0.1, 0.15) is 263 Å². The van der Waals surface area contributed by atoms with Crippen LogP contribution >= 0.6 is 0 Å². The summed E-state index contributed by atoms with van der Waals surface area (Å²) in [7, 11) is 1.75. The normalized spacial score (nSPS) is 22.8. The Balaban J connectivity index is 2.00. The van der Waals surface area contributed by atoms with Crippen molar-refractivity contribution in [2.75, 3.05) is 39.8 Å². The van der Waals surface area contributed by atoms with Crippen LogP contribution < -0.4 is 97.1 Å². The van der Waals surface area contributed by atoms with Crippen LogP contribution in [0.4, 0.5) is 0 Å². The van der Waals surface area contributed by atoms with Gasteiger partial charge in [0.25, 0.3) is 0 Å². The van der Waals surface area contributed by atoms with Crippen LogP contribution in [0.25, 0.3) is 0 Å². The third-order valence-corrected chi connectivity index (χ3v) is 23.1. The topological polar surface area (TPSA) is 605 Å². The monoisotopic (exact) mass is 1840 g/mol. The number of carbonyl (C=O) groups excluding carboxylic acids is 15. The quantitative estimate of drug-likeness (QED) is 0.0250. The number of nitrogens with one attached hydrogen (secondary N) is 15. The molecule has 0 saturated carbocycles. The Bertz CT molecular complexity index is 3820. The molecule has 736 valence electrons. The molecule has 2 aliphatic rings. The molecule has 0 aliphatic carbocycles. The number of phenols is 1. The number of aldehydes is 1. The predicted octanol–water partition coefficient (Wildman–Crippen LogP) is 1.46. The van der Waals surface area contributed by atoms with Crippen LogP contribution in [0.5, 0.6) is 5.75 Å². The first-order chi connectivity index (χ1) is 61.4. The van der Waals surface area contributed by atoms with Gasteiger partial charge in [-0.15, -0.1) is 0 Å². The molecule has 2 aliphatic heterocycles. The number of hydrogen-bond acceptors (Lipinski definition) is 24. The Morgan fingerprint density at radius 2 is 1.02 bits per heavy atom. The highest BCUT2D eigenvalue weighted by molar-refractivity contribution is 6.01. The summed E-state index contributed by atoms with van der Waals surface area (Å²) < 4.78 is 0. The largest absolute Gasteiger partial charge is 0.508 e. The first-order valence-corrected chi connectivity index (χ1v) is 46.6. The molecule has 39 heteroatoms. The van der Waals surface area contributed by atoms with Crippen molar-refractivity contribution in [3.8, 4) is 5.75 Å². The molecule has 0 radical (unpaired) electrons. The van der Waals surface area contributed by atoms with Gasteiger partial charge in [0.15, 0.2) is 0 Å². The number of allylic oxidation sites excluding steroid dienone is 2. The zero-order chi connectivity index (χ0) is 97.5. The van der Waals surface area contributed by atoms with E-state index in [0.29, 0.717) is 89.0 Å². The number of rotatable bonds is 44. The van der Waals surface area contributed by atoms with Crippen LogP contribution in [0.3, 0.4) is 0 Å². The molecule has 1 aromatic carbocycles. The van der Waals surface area contributed by atoms with Crippen LogP contribution in [0.2, 0.25) is 0 Å². The van der Waals surface area contributed by atoms with Gasteiger partial charge in [-0.05, 0) is 236 Å². The maximum absolute atomic E-state index is 15.3. The number of unbranched alkanes of at least 4 members (excludes halogenated alkanes) is 3. The SMILES string of the molecule is CNC1(C)CCCCCC/C=C\CCCC(C)(C(=O)N[C@@H](CC(C)C)C(=O)NC(CO)C(=O)N[C@@H](CCCCN)C(=O)NC(C)C(=O)N[C@@H](CC(C)C)C(=O)NC(CCC(=O)O)C(=O)N[C@@H](Cc2ccc(O)cc2)C(=O)N[C@H](C=O)CC(C)C)NC(=O)C(C(C)C)NC(=O)[C@H](C(C)C)NC(=O)C(CCCCN)NC(=O)[C@@H]2CCCN2C(=O)C(C)NC(=O)[C@H](CCCCN)NO1. The van der Waals surface area contributed by atoms with Gasteiger partial charge in [0.1, 0.15) is 102 Å². The number of hydroxylamine groups is 1. The van der Waals surface area contributed by atoms with Crippen molar-refractivity contribution in [1.29, 1.82) is 0 Å². The second-order valence-electron chi connectivity index (χ2n) is 36.9. The second kappa shape index (κ2) is 59.6. The molecule has 8 unspecified atom stereocenters. The Morgan fingerprint density at radius 3 is 1.58 bits per heavy atom. The van der Waals surface area contributed by atoms with Gasteiger partial charge in [0.05, 0.1) is 12.6 Å². The van der Waals surface area contributed by atoms with Crippen molar-refractivity contribution >= 4 is 95.0 Å². The standard InChI is InChI=1S/C91H157N19O20/c1-54(2)48-62(52-111)98-81(121)70(51-61-36-38-63(113)39-37-61)103-78(118)66(40-41-73(114)115)100-82(122)68(49-55(3)4)102-76(116)59(11)96-77(117)64(32-23-28-44-92)99-84(124)71(53-112)104-83(123)69(50-56(5)6)105-89(129)90(13)42-26-21-19-17-16-18-20-22-27-43-91(14,95-15)130-109-67(34-25-30-46-94)80(120)97-60(12)88(128)110-47-31-35-72(110)85(125)101-65(33-24-29-45-93)79(119)106-74(57(7)8)86(126)107-75(58(9)10)87(127)108-90/h17,19,36-39,52,54-60,62,64-72,74-75,95,109,112-113H,16,18,20-35,40-51,53,92-94H2,1-15H3,(H,96,117)(H,97,120)(H,98,121)(H,99,124)(H,100,122)(H,101,125)(H,102,116)(H,103,118)(H,104,123)(H,105,129)(H,106,119)(H,107,126)(H,108,127)(H,114,115)/b19-17-/t59?,60?,62-,64-,65?,66?,67-,68-,69-,70-,71?,72-,74-,75?,90?,91?/m0/s1. The zero-order valence-electron chi connectivity index (χ0n) is 79.4. The van der Waals surface area contributed by atoms with Gasteiger partial charge < -0.3 is 111 Å². The van der Waals surface area contributed by atoms with Crippen molar-refractivity contribution < 1.29 is 96.9 Å². The highest BCUT2D eigenvalue weighted by atomic mass is 16.7. The number of carboxylic acid groups (broad SMARTS) is 1. The predicted molar refractivity (Wildman–Crippen MR) is 491 cm³/mol. The Morgan fingerprint density at radius 1 is 0.531 bits per heavy atom. The molecular weight excluding hydrogens is 1680 g/mol. The number of hydrogen-bond donors (Lipinski definition) is 21. The van der Waals surface area contributed by atoms with Crippen molar-refractivity contribution in [3.05, 3.63) is 42.0 Å². The van der Waals surface area contributed by atoms with Gasteiger partial charge in [-0.1, -0.05) is 113 Å². The zero-order valence-corrected chi connectivity index (χ0v) is 79.4. The average Bonchev–Trinajstić information content (AvgIpc) is 0.950. The lowest BCUT2D eigenvalue weighted by molar-refractivity contribution is -0.150. The number of aliphatic hydroxyl groups excluding tert-OH is 1. The van der Waals surface area contributed by atoms with E-state index in [4.69, 9.17) is 22.0 Å². The van der Waals surface area contributed by atoms with E-state index in [9.17, 15) is 82.4 Å². The first kappa shape index (κ1) is 114. The fraction of sp³-hybridized carbons (Fsp3) is 0.736. The van der Waals surface area contributed by atoms with Gasteiger partial charge in [-0.3, -0.25) is 82.1 Å². The smallest absolute Gasteiger partial charge is 0.303 e. The van der Waals surface area contributed by atoms with Crippen LogP contribution in [-0.4, -0.2) is 251 Å². The molecule has 39 nitrogen and oxygen atoms in total. The van der Waals surface area contributed by atoms with Crippen molar-refractivity contribution in [1.82, 2.24) is 84.8 Å². The van der Waals surface area contributed by atoms with Crippen LogP contribution in [0.15, 0.2) is 36.4 Å². The molecule has 24 N–H and O–H groups in total. The van der Waals surface area contributed by atoms with E-state index in [1.807, 2.05) is 32.9 Å². The number of aromatic hydroxyl groups is 1. The number of nitrogens with two attached hydrogens (primary N) is 3. The maximum Gasteiger partial charge on any atom is 0.303 e. The third kappa shape index (κ3) is 41.3. The van der Waals surface area contributed by atoms with E-state index in [2.05, 4.69) is 79.9 Å². The number of carbonyl (C=O) groups is 16. The van der Waals surface area contributed by atoms with E-state index < -0.39 is 216 Å². The molecule has 14 amide bonds. The van der Waals surface area contributed by atoms with Gasteiger partial charge in [-0.25, -0.2) is 0 Å². The molecule has 0 spiro atoms. The van der Waals surface area contributed by atoms with Gasteiger partial charge in [0.2, 0.25) is 82.7 Å². The summed E-state index contributed by atoms with van der Waals surface area (Å²) in [6, 6.07) is -12.6. The molecule has 1 aromatic rings. The lowest BCUT2D eigenvalue weighted by atomic mass is 9.90. The number of aliphatic carboxylic acids is 1. The van der Waals surface area contributed by atoms with Crippen molar-refractivity contribution in [3.63, 3.8) is 0 Å². The number of nitrogens with zero attached hydrogens (tertiary/aromatic N) is 1. The molecular formula is C91H157N19O20. The minimum Gasteiger partial charge on any atom is -0.508 e. The second-order valence-corrected chi connectivity index (χ2v) is 36.9. The number of carboxylic acids is 1. The lowest BCUT2D eigenvalue weighted by Crippen LogP contribution is -2.65. The van der Waals surface area contributed by atoms with Gasteiger partial charge >= 0.3 is 5.97 Å². The molecule has 2 heterocycles. The van der Waals surface area contributed by atoms with Crippen molar-refractivity contribution in [2.45, 2.75) is 360 Å². The van der Waals surface area contributed by atoms with Gasteiger partial charge in [-0.2, -0.15) is 5.48 Å². The lowest BCUT2D eigenvalue weighted by Gasteiger charge is -2.35. The van der Waals surface area contributed by atoms with E-state index >= 15 is 9.59 Å². The Kier molecular flexibility index (Phi) is 52.4. The Labute approximate surface area is 767 Å². The summed E-state index contributed by atoms with van der Waals surface area (Å²) in [6.45, 7) is 23.5. The number of benzene rings is 1. The number of amides is 14. The maximum atomic E-state index is 15.3. The van der Waals surface area contributed by atoms with Crippen LogP contribution in [0, 0.1) is 29.6 Å². The summed E-state index contributed by atoms with van der Waals surface area (Å²) in [6.07, 6.45) is 12.4. The first-order valence-electron chi connectivity index (χ1n) is 46.6. The summed E-state index contributed by atoms with van der Waals surface area (Å²) >= 11 is 0. The van der Waals surface area contributed by atoms with Crippen molar-refractivity contribution in [2.24, 2.45) is 46.8 Å². The van der Waals surface area contributed by atoms with E-state index in [0.717, 1.165) is 25.7 Å².